The third kappa shape index (κ3) is 3.54. The Kier molecular flexibility index (Phi) is 5.22. The predicted molar refractivity (Wildman–Crippen MR) is 68.7 cm³/mol. The van der Waals surface area contributed by atoms with Crippen molar-refractivity contribution in [2.75, 3.05) is 20.2 Å². The number of carbonyl (C=O) groups is 1. The van der Waals surface area contributed by atoms with Crippen molar-refractivity contribution < 1.29 is 17.9 Å². The quantitative estimate of drug-likeness (QED) is 0.624. The van der Waals surface area contributed by atoms with Crippen LogP contribution in [0.4, 0.5) is 0 Å². The summed E-state index contributed by atoms with van der Waals surface area (Å²) in [5, 5.41) is 0. The molecule has 0 atom stereocenters. The van der Waals surface area contributed by atoms with E-state index >= 15 is 0 Å². The first-order valence-corrected chi connectivity index (χ1v) is 7.16. The van der Waals surface area contributed by atoms with Crippen molar-refractivity contribution in [3.63, 3.8) is 0 Å². The highest BCUT2D eigenvalue weighted by Crippen LogP contribution is 2.10. The fourth-order valence-corrected chi connectivity index (χ4v) is 2.94. The number of hydrogen-bond donors (Lipinski definition) is 2. The Morgan fingerprint density at radius 1 is 1.40 bits per heavy atom. The molecule has 112 valence electrons. The van der Waals surface area contributed by atoms with Gasteiger partial charge in [-0.3, -0.25) is 14.6 Å². The van der Waals surface area contributed by atoms with Crippen molar-refractivity contribution in [1.82, 2.24) is 14.3 Å². The van der Waals surface area contributed by atoms with Crippen LogP contribution in [0.25, 0.3) is 0 Å². The van der Waals surface area contributed by atoms with Gasteiger partial charge in [0.15, 0.2) is 4.90 Å². The first kappa shape index (κ1) is 16.1. The predicted octanol–water partition coefficient (Wildman–Crippen LogP) is -1.36. The zero-order valence-corrected chi connectivity index (χ0v) is 11.8. The summed E-state index contributed by atoms with van der Waals surface area (Å²) in [7, 11) is -2.90. The van der Waals surface area contributed by atoms with Crippen LogP contribution in [0.2, 0.25) is 0 Å². The van der Waals surface area contributed by atoms with E-state index in [0.29, 0.717) is 0 Å². The number of aromatic amines is 2. The number of carbonyl (C=O) groups excluding carboxylic acids is 1. The van der Waals surface area contributed by atoms with Crippen LogP contribution in [0.3, 0.4) is 0 Å². The summed E-state index contributed by atoms with van der Waals surface area (Å²) < 4.78 is 29.8. The molecular weight excluding hydrogens is 290 g/mol. The van der Waals surface area contributed by atoms with Gasteiger partial charge >= 0.3 is 11.7 Å². The first-order valence-electron chi connectivity index (χ1n) is 5.72. The summed E-state index contributed by atoms with van der Waals surface area (Å²) in [6, 6.07) is 0. The van der Waals surface area contributed by atoms with Crippen LogP contribution >= 0.6 is 0 Å². The molecule has 1 aromatic heterocycles. The smallest absolute Gasteiger partial charge is 0.325 e. The number of H-pyrrole nitrogens is 2. The highest BCUT2D eigenvalue weighted by Gasteiger charge is 2.26. The van der Waals surface area contributed by atoms with Gasteiger partial charge in [-0.05, 0) is 0 Å². The number of hydrogen-bond acceptors (Lipinski definition) is 6. The fourth-order valence-electron chi connectivity index (χ4n) is 1.49. The summed E-state index contributed by atoms with van der Waals surface area (Å²) in [6.45, 7) is 1.51. The second kappa shape index (κ2) is 6.48. The summed E-state index contributed by atoms with van der Waals surface area (Å²) in [5.74, 6) is -0.561. The van der Waals surface area contributed by atoms with Gasteiger partial charge in [-0.2, -0.15) is 4.31 Å². The average Bonchev–Trinajstić information content (AvgIpc) is 2.38. The molecule has 0 saturated carbocycles. The number of rotatable bonds is 6. The van der Waals surface area contributed by atoms with Crippen LogP contribution < -0.4 is 11.2 Å². The summed E-state index contributed by atoms with van der Waals surface area (Å²) in [5.41, 5.74) is -1.81. The maximum Gasteiger partial charge on any atom is 0.325 e. The minimum absolute atomic E-state index is 0.0674. The minimum atomic E-state index is -4.09. The van der Waals surface area contributed by atoms with E-state index in [4.69, 9.17) is 0 Å². The van der Waals surface area contributed by atoms with Gasteiger partial charge in [0.05, 0.1) is 13.5 Å². The van der Waals surface area contributed by atoms with E-state index in [1.807, 2.05) is 4.98 Å². The molecule has 10 heteroatoms. The molecule has 0 bridgehead atoms. The summed E-state index contributed by atoms with van der Waals surface area (Å²) in [4.78, 5) is 36.8. The molecule has 0 spiro atoms. The highest BCUT2D eigenvalue weighted by molar-refractivity contribution is 7.89. The lowest BCUT2D eigenvalue weighted by atomic mass is 10.4. The molecule has 0 aromatic carbocycles. The van der Waals surface area contributed by atoms with E-state index in [1.54, 1.807) is 6.92 Å². The lowest BCUT2D eigenvalue weighted by Crippen LogP contribution is -2.37. The monoisotopic (exact) mass is 305 g/mol. The second-order valence-electron chi connectivity index (χ2n) is 3.76. The van der Waals surface area contributed by atoms with Crippen molar-refractivity contribution in [3.8, 4) is 0 Å². The number of ether oxygens (including phenoxy) is 1. The molecule has 0 aliphatic heterocycles. The average molecular weight is 305 g/mol. The maximum absolute atomic E-state index is 12.2. The molecule has 1 heterocycles. The fraction of sp³-hybridized carbons (Fsp3) is 0.500. The lowest BCUT2D eigenvalue weighted by molar-refractivity contribution is -0.140. The van der Waals surface area contributed by atoms with Gasteiger partial charge in [-0.1, -0.05) is 6.92 Å². The second-order valence-corrected chi connectivity index (χ2v) is 5.67. The van der Waals surface area contributed by atoms with E-state index < -0.39 is 32.1 Å². The normalized spacial score (nSPS) is 11.6. The molecule has 9 nitrogen and oxygen atoms in total. The molecule has 1 aromatic rings. The third-order valence-electron chi connectivity index (χ3n) is 2.55. The van der Waals surface area contributed by atoms with Crippen molar-refractivity contribution in [2.24, 2.45) is 0 Å². The molecule has 1 rings (SSSR count). The summed E-state index contributed by atoms with van der Waals surface area (Å²) >= 11 is 0. The molecule has 0 fully saturated rings. The van der Waals surface area contributed by atoms with Crippen LogP contribution in [0.1, 0.15) is 13.3 Å². The number of methoxy groups -OCH3 is 1. The van der Waals surface area contributed by atoms with Gasteiger partial charge in [0.1, 0.15) is 0 Å². The number of sulfonamides is 1. The molecule has 2 N–H and O–H groups in total. The number of esters is 1. The van der Waals surface area contributed by atoms with Crippen molar-refractivity contribution in [3.05, 3.63) is 27.0 Å². The Labute approximate surface area is 114 Å². The van der Waals surface area contributed by atoms with Crippen molar-refractivity contribution in [1.29, 1.82) is 0 Å². The lowest BCUT2D eigenvalue weighted by Gasteiger charge is -2.19. The minimum Gasteiger partial charge on any atom is -0.469 e. The zero-order valence-electron chi connectivity index (χ0n) is 11.0. The Bertz CT molecular complexity index is 689. The van der Waals surface area contributed by atoms with E-state index in [2.05, 4.69) is 9.72 Å². The van der Waals surface area contributed by atoms with E-state index in [1.165, 1.54) is 7.11 Å². The standard InChI is InChI=1S/C10H15N3O6S/c1-3-13(5-4-8(14)19-2)20(17,18)7-6-11-10(16)12-9(7)15/h6H,3-5H2,1-2H3,(H2,11,12,15,16). The molecule has 0 aliphatic carbocycles. The molecule has 0 amide bonds. The Balaban J connectivity index is 3.09. The van der Waals surface area contributed by atoms with Crippen molar-refractivity contribution in [2.45, 2.75) is 18.2 Å². The SMILES string of the molecule is CCN(CCC(=O)OC)S(=O)(=O)c1c[nH]c(=O)[nH]c1=O. The van der Waals surface area contributed by atoms with Gasteiger partial charge < -0.3 is 9.72 Å². The van der Waals surface area contributed by atoms with E-state index in [9.17, 15) is 22.8 Å². The van der Waals surface area contributed by atoms with Gasteiger partial charge in [-0.25, -0.2) is 13.2 Å². The zero-order chi connectivity index (χ0) is 15.3. The Morgan fingerprint density at radius 3 is 2.55 bits per heavy atom. The molecule has 20 heavy (non-hydrogen) atoms. The highest BCUT2D eigenvalue weighted by atomic mass is 32.2. The number of nitrogens with one attached hydrogen (secondary N) is 2. The van der Waals surface area contributed by atoms with E-state index in [-0.39, 0.29) is 19.5 Å². The van der Waals surface area contributed by atoms with Crippen molar-refractivity contribution >= 4 is 16.0 Å². The number of aromatic nitrogens is 2. The van der Waals surface area contributed by atoms with Gasteiger partial charge in [0, 0.05) is 19.3 Å². The molecular formula is C10H15N3O6S. The largest absolute Gasteiger partial charge is 0.469 e. The molecule has 0 aliphatic rings. The van der Waals surface area contributed by atoms with Crippen LogP contribution in [0, 0.1) is 0 Å². The molecule has 0 radical (unpaired) electrons. The molecule has 0 saturated heterocycles. The maximum atomic E-state index is 12.2. The summed E-state index contributed by atoms with van der Waals surface area (Å²) in [6.07, 6.45) is 0.697. The molecule has 0 unspecified atom stereocenters. The van der Waals surface area contributed by atoms with Crippen LogP contribution in [-0.4, -0.2) is 48.9 Å². The Morgan fingerprint density at radius 2 is 2.05 bits per heavy atom. The third-order valence-corrected chi connectivity index (χ3v) is 4.53. The van der Waals surface area contributed by atoms with Crippen LogP contribution in [0.15, 0.2) is 20.7 Å². The van der Waals surface area contributed by atoms with Gasteiger partial charge in [0.2, 0.25) is 10.0 Å². The van der Waals surface area contributed by atoms with E-state index in [0.717, 1.165) is 10.5 Å². The van der Waals surface area contributed by atoms with Gasteiger partial charge in [0.25, 0.3) is 5.56 Å². The first-order chi connectivity index (χ1) is 9.32. The van der Waals surface area contributed by atoms with Crippen LogP contribution in [0.5, 0.6) is 0 Å². The van der Waals surface area contributed by atoms with Gasteiger partial charge in [-0.15, -0.1) is 0 Å². The number of nitrogens with zero attached hydrogens (tertiary/aromatic N) is 1. The van der Waals surface area contributed by atoms with Crippen LogP contribution in [-0.2, 0) is 19.6 Å². The Hall–Kier alpha value is -1.94. The topological polar surface area (TPSA) is 129 Å².